The summed E-state index contributed by atoms with van der Waals surface area (Å²) < 4.78 is 8.03. The van der Waals surface area contributed by atoms with Crippen molar-refractivity contribution in [3.8, 4) is 11.4 Å². The smallest absolute Gasteiger partial charge is 0.335 e. The summed E-state index contributed by atoms with van der Waals surface area (Å²) in [7, 11) is 1.97. The molecule has 1 aliphatic rings. The molecule has 0 bridgehead atoms. The minimum absolute atomic E-state index is 0.285. The van der Waals surface area contributed by atoms with E-state index in [1.165, 1.54) is 12.0 Å². The number of rotatable bonds is 9. The summed E-state index contributed by atoms with van der Waals surface area (Å²) in [5.74, 6) is 0.288. The average Bonchev–Trinajstić information content (AvgIpc) is 3.24. The molecule has 0 saturated heterocycles. The molecule has 8 heteroatoms. The molecular formula is C29H27Cl2N3O3. The fraction of sp³-hybridized carbons (Fsp3) is 0.241. The molecule has 0 unspecified atom stereocenters. The van der Waals surface area contributed by atoms with Crippen LogP contribution >= 0.6 is 23.2 Å². The molecule has 0 amide bonds. The van der Waals surface area contributed by atoms with Gasteiger partial charge in [-0.05, 0) is 72.9 Å². The summed E-state index contributed by atoms with van der Waals surface area (Å²) in [6, 6.07) is 20.3. The van der Waals surface area contributed by atoms with Crippen LogP contribution in [0.1, 0.15) is 52.4 Å². The van der Waals surface area contributed by atoms with E-state index in [1.54, 1.807) is 18.2 Å². The van der Waals surface area contributed by atoms with E-state index in [4.69, 9.17) is 27.9 Å². The van der Waals surface area contributed by atoms with Crippen molar-refractivity contribution < 1.29 is 14.6 Å². The van der Waals surface area contributed by atoms with E-state index < -0.39 is 5.97 Å². The number of aromatic nitrogens is 2. The van der Waals surface area contributed by atoms with E-state index in [0.29, 0.717) is 34.8 Å². The third-order valence-electron chi connectivity index (χ3n) is 6.84. The zero-order chi connectivity index (χ0) is 25.9. The van der Waals surface area contributed by atoms with Crippen LogP contribution in [-0.2, 0) is 13.2 Å². The van der Waals surface area contributed by atoms with Gasteiger partial charge in [0.2, 0.25) is 0 Å². The largest absolute Gasteiger partial charge is 0.487 e. The highest BCUT2D eigenvalue weighted by molar-refractivity contribution is 6.37. The quantitative estimate of drug-likeness (QED) is 0.242. The summed E-state index contributed by atoms with van der Waals surface area (Å²) in [5, 5.41) is 15.0. The highest BCUT2D eigenvalue weighted by Gasteiger charge is 2.27. The molecule has 0 spiro atoms. The second-order valence-corrected chi connectivity index (χ2v) is 10.1. The third kappa shape index (κ3) is 5.45. The SMILES string of the molecule is CN(Cc1cccc(C(=O)O)c1)c1ccc(OCc2c(C3CCC3)cnn2-c2c(Cl)cccc2Cl)cc1. The Morgan fingerprint density at radius 2 is 1.78 bits per heavy atom. The number of hydrogen-bond acceptors (Lipinski definition) is 4. The van der Waals surface area contributed by atoms with Crippen LogP contribution < -0.4 is 9.64 Å². The zero-order valence-corrected chi connectivity index (χ0v) is 21.9. The van der Waals surface area contributed by atoms with Crippen LogP contribution in [0, 0.1) is 0 Å². The average molecular weight is 536 g/mol. The van der Waals surface area contributed by atoms with Gasteiger partial charge in [0, 0.05) is 24.8 Å². The number of benzene rings is 3. The first kappa shape index (κ1) is 25.2. The number of ether oxygens (including phenoxy) is 1. The van der Waals surface area contributed by atoms with Gasteiger partial charge in [0.25, 0.3) is 0 Å². The van der Waals surface area contributed by atoms with Crippen LogP contribution in [0.25, 0.3) is 5.69 Å². The van der Waals surface area contributed by atoms with Crippen molar-refractivity contribution in [1.82, 2.24) is 9.78 Å². The Morgan fingerprint density at radius 1 is 1.08 bits per heavy atom. The second kappa shape index (κ2) is 10.9. The van der Waals surface area contributed by atoms with Crippen LogP contribution in [-0.4, -0.2) is 27.9 Å². The highest BCUT2D eigenvalue weighted by atomic mass is 35.5. The number of halogens is 2. The highest BCUT2D eigenvalue weighted by Crippen LogP contribution is 2.40. The van der Waals surface area contributed by atoms with E-state index in [2.05, 4.69) is 10.00 Å². The van der Waals surface area contributed by atoms with Gasteiger partial charge in [-0.25, -0.2) is 9.48 Å². The lowest BCUT2D eigenvalue weighted by molar-refractivity contribution is 0.0696. The van der Waals surface area contributed by atoms with Crippen molar-refractivity contribution in [2.24, 2.45) is 0 Å². The van der Waals surface area contributed by atoms with Crippen LogP contribution in [0.3, 0.4) is 0 Å². The molecular weight excluding hydrogens is 509 g/mol. The van der Waals surface area contributed by atoms with Gasteiger partial charge < -0.3 is 14.7 Å². The third-order valence-corrected chi connectivity index (χ3v) is 7.45. The maximum Gasteiger partial charge on any atom is 0.335 e. The Balaban J connectivity index is 1.32. The van der Waals surface area contributed by atoms with Crippen molar-refractivity contribution >= 4 is 34.9 Å². The first-order valence-corrected chi connectivity index (χ1v) is 12.9. The van der Waals surface area contributed by atoms with Gasteiger partial charge in [-0.3, -0.25) is 0 Å². The van der Waals surface area contributed by atoms with Crippen molar-refractivity contribution in [1.29, 1.82) is 0 Å². The lowest BCUT2D eigenvalue weighted by Crippen LogP contribution is -2.16. The molecule has 190 valence electrons. The topological polar surface area (TPSA) is 67.6 Å². The lowest BCUT2D eigenvalue weighted by Gasteiger charge is -2.26. The number of carboxylic acid groups (broad SMARTS) is 1. The van der Waals surface area contributed by atoms with E-state index in [0.717, 1.165) is 35.5 Å². The second-order valence-electron chi connectivity index (χ2n) is 9.30. The Bertz CT molecular complexity index is 1390. The predicted molar refractivity (Wildman–Crippen MR) is 146 cm³/mol. The number of hydrogen-bond donors (Lipinski definition) is 1. The van der Waals surface area contributed by atoms with Gasteiger partial charge >= 0.3 is 5.97 Å². The fourth-order valence-corrected chi connectivity index (χ4v) is 5.15. The van der Waals surface area contributed by atoms with Crippen LogP contribution in [0.2, 0.25) is 10.0 Å². The van der Waals surface area contributed by atoms with Gasteiger partial charge in [0.05, 0.1) is 27.5 Å². The number of carbonyl (C=O) groups is 1. The summed E-state index contributed by atoms with van der Waals surface area (Å²) in [6.45, 7) is 0.925. The van der Waals surface area contributed by atoms with E-state index in [9.17, 15) is 9.90 Å². The molecule has 1 N–H and O–H groups in total. The van der Waals surface area contributed by atoms with E-state index in [-0.39, 0.29) is 5.56 Å². The molecule has 1 aromatic heterocycles. The summed E-state index contributed by atoms with van der Waals surface area (Å²) >= 11 is 13.0. The molecule has 0 aliphatic heterocycles. The number of aromatic carboxylic acids is 1. The minimum Gasteiger partial charge on any atom is -0.487 e. The monoisotopic (exact) mass is 535 g/mol. The van der Waals surface area contributed by atoms with Crippen molar-refractivity contribution in [2.75, 3.05) is 11.9 Å². The fourth-order valence-electron chi connectivity index (χ4n) is 4.59. The molecule has 1 heterocycles. The maximum atomic E-state index is 11.3. The van der Waals surface area contributed by atoms with Crippen LogP contribution in [0.5, 0.6) is 5.75 Å². The first-order valence-electron chi connectivity index (χ1n) is 12.2. The summed E-state index contributed by atoms with van der Waals surface area (Å²) in [4.78, 5) is 13.3. The van der Waals surface area contributed by atoms with Gasteiger partial charge in [0.15, 0.2) is 0 Å². The molecule has 1 saturated carbocycles. The molecule has 1 aliphatic carbocycles. The molecule has 6 nitrogen and oxygen atoms in total. The van der Waals surface area contributed by atoms with Gasteiger partial charge in [0.1, 0.15) is 18.0 Å². The number of para-hydroxylation sites is 1. The Kier molecular flexibility index (Phi) is 7.40. The molecule has 3 aromatic carbocycles. The zero-order valence-electron chi connectivity index (χ0n) is 20.4. The number of anilines is 1. The van der Waals surface area contributed by atoms with Crippen LogP contribution in [0.4, 0.5) is 5.69 Å². The van der Waals surface area contributed by atoms with Gasteiger partial charge in [-0.15, -0.1) is 0 Å². The van der Waals surface area contributed by atoms with Gasteiger partial charge in [-0.2, -0.15) is 5.10 Å². The first-order chi connectivity index (χ1) is 17.9. The molecule has 0 radical (unpaired) electrons. The van der Waals surface area contributed by atoms with Crippen molar-refractivity contribution in [3.05, 3.63) is 105 Å². The standard InChI is InChI=1S/C29H27Cl2N3O3/c1-33(17-19-5-2-8-21(15-19)29(35)36)22-11-13-23(14-12-22)37-18-27-24(20-6-3-7-20)16-32-34(27)28-25(30)9-4-10-26(28)31/h2,4-5,8-16,20H,3,6-7,17-18H2,1H3,(H,35,36). The maximum absolute atomic E-state index is 11.3. The van der Waals surface area contributed by atoms with E-state index in [1.807, 2.05) is 66.5 Å². The Hall–Kier alpha value is -3.48. The van der Waals surface area contributed by atoms with E-state index >= 15 is 0 Å². The number of nitrogens with zero attached hydrogens (tertiary/aromatic N) is 3. The molecule has 5 rings (SSSR count). The summed E-state index contributed by atoms with van der Waals surface area (Å²) in [6.07, 6.45) is 5.43. The van der Waals surface area contributed by atoms with Crippen molar-refractivity contribution in [2.45, 2.75) is 38.3 Å². The van der Waals surface area contributed by atoms with Crippen LogP contribution in [0.15, 0.2) is 72.9 Å². The minimum atomic E-state index is -0.926. The Labute approximate surface area is 226 Å². The number of carboxylic acids is 1. The lowest BCUT2D eigenvalue weighted by atomic mass is 9.80. The van der Waals surface area contributed by atoms with Crippen molar-refractivity contribution in [3.63, 3.8) is 0 Å². The Morgan fingerprint density at radius 3 is 2.43 bits per heavy atom. The normalized spacial score (nSPS) is 13.3. The molecule has 0 atom stereocenters. The summed E-state index contributed by atoms with van der Waals surface area (Å²) in [5.41, 5.74) is 5.02. The molecule has 37 heavy (non-hydrogen) atoms. The molecule has 1 fully saturated rings. The molecule has 4 aromatic rings. The van der Waals surface area contributed by atoms with Gasteiger partial charge in [-0.1, -0.05) is 47.8 Å². The predicted octanol–water partition coefficient (Wildman–Crippen LogP) is 7.36.